The van der Waals surface area contributed by atoms with Gasteiger partial charge in [-0.25, -0.2) is 9.78 Å². The number of benzene rings is 3. The zero-order valence-electron chi connectivity index (χ0n) is 20.8. The second kappa shape index (κ2) is 11.0. The molecule has 3 aromatic carbocycles. The Balaban J connectivity index is 1.55. The van der Waals surface area contributed by atoms with E-state index in [-0.39, 0.29) is 23.7 Å². The van der Waals surface area contributed by atoms with E-state index in [2.05, 4.69) is 21.9 Å². The summed E-state index contributed by atoms with van der Waals surface area (Å²) >= 11 is 6.65. The number of rotatable bonds is 9. The minimum atomic E-state index is -1.14. The van der Waals surface area contributed by atoms with Gasteiger partial charge in [-0.1, -0.05) is 67.4 Å². The van der Waals surface area contributed by atoms with Crippen LogP contribution in [0.1, 0.15) is 58.5 Å². The molecule has 1 unspecified atom stereocenters. The van der Waals surface area contributed by atoms with Gasteiger partial charge >= 0.3 is 5.97 Å². The minimum absolute atomic E-state index is 0.00573. The molecule has 190 valence electrons. The van der Waals surface area contributed by atoms with Gasteiger partial charge < -0.3 is 10.1 Å². The molecule has 38 heavy (non-hydrogen) atoms. The largest absolute Gasteiger partial charge is 0.478 e. The highest BCUT2D eigenvalue weighted by atomic mass is 35.5. The van der Waals surface area contributed by atoms with Crippen molar-refractivity contribution in [1.29, 1.82) is 0 Å². The van der Waals surface area contributed by atoms with E-state index in [0.717, 1.165) is 29.6 Å². The van der Waals surface area contributed by atoms with Gasteiger partial charge in [-0.15, -0.1) is 0 Å². The number of Topliss-reactive ketones (excluding diaryl/α,β-unsaturated/α-hetero) is 1. The molecule has 0 aliphatic heterocycles. The molecule has 2 aromatic heterocycles. The van der Waals surface area contributed by atoms with Gasteiger partial charge in [-0.05, 0) is 48.4 Å². The number of imidazole rings is 1. The molecule has 0 radical (unpaired) electrons. The second-order valence-electron chi connectivity index (χ2n) is 9.20. The van der Waals surface area contributed by atoms with Crippen molar-refractivity contribution >= 4 is 34.4 Å². The van der Waals surface area contributed by atoms with Crippen LogP contribution in [0.3, 0.4) is 0 Å². The number of aromatic nitrogens is 3. The number of aromatic carboxylic acids is 1. The number of carbonyl (C=O) groups is 2. The molecule has 5 aromatic rings. The van der Waals surface area contributed by atoms with Gasteiger partial charge in [0, 0.05) is 45.9 Å². The van der Waals surface area contributed by atoms with Crippen molar-refractivity contribution < 1.29 is 14.7 Å². The summed E-state index contributed by atoms with van der Waals surface area (Å²) in [6.45, 7) is 2.07. The predicted octanol–water partition coefficient (Wildman–Crippen LogP) is 7.80. The lowest BCUT2D eigenvalue weighted by Crippen LogP contribution is -2.11. The summed E-state index contributed by atoms with van der Waals surface area (Å²) in [5, 5.41) is 10.5. The number of hydrogen-bond acceptors (Lipinski definition) is 4. The van der Waals surface area contributed by atoms with E-state index in [1.165, 1.54) is 6.07 Å². The van der Waals surface area contributed by atoms with Gasteiger partial charge in [0.1, 0.15) is 5.82 Å². The van der Waals surface area contributed by atoms with Crippen LogP contribution in [0, 0.1) is 0 Å². The van der Waals surface area contributed by atoms with Gasteiger partial charge in [0.05, 0.1) is 16.6 Å². The molecule has 0 amide bonds. The van der Waals surface area contributed by atoms with Crippen LogP contribution in [0.2, 0.25) is 5.02 Å². The van der Waals surface area contributed by atoms with Crippen molar-refractivity contribution in [3.8, 4) is 22.5 Å². The molecule has 0 saturated carbocycles. The van der Waals surface area contributed by atoms with E-state index in [0.29, 0.717) is 33.1 Å². The number of para-hydroxylation sites is 2. The first-order chi connectivity index (χ1) is 18.5. The van der Waals surface area contributed by atoms with Gasteiger partial charge in [0.15, 0.2) is 5.78 Å². The Hall–Kier alpha value is -4.29. The fourth-order valence-corrected chi connectivity index (χ4v) is 5.13. The number of halogens is 1. The fraction of sp³-hybridized carbons (Fsp3) is 0.161. The van der Waals surface area contributed by atoms with E-state index < -0.39 is 5.97 Å². The molecular formula is C31H26ClN3O3. The van der Waals surface area contributed by atoms with E-state index in [4.69, 9.17) is 11.6 Å². The number of carboxylic acid groups (broad SMARTS) is 1. The van der Waals surface area contributed by atoms with E-state index in [9.17, 15) is 14.7 Å². The molecular weight excluding hydrogens is 498 g/mol. The topological polar surface area (TPSA) is 95.9 Å². The van der Waals surface area contributed by atoms with E-state index >= 15 is 0 Å². The average Bonchev–Trinajstić information content (AvgIpc) is 3.37. The number of ketones is 1. The van der Waals surface area contributed by atoms with Crippen LogP contribution in [-0.4, -0.2) is 31.8 Å². The number of nitrogens with zero attached hydrogens (tertiary/aromatic N) is 2. The SMILES string of the molecule is CCCC(CC(=O)c1ccc(-c2c(Cl)cccc2-c2nc3ccccc3[nH]2)c(C(=O)O)c1)c1ccccn1. The highest BCUT2D eigenvalue weighted by Gasteiger charge is 2.23. The van der Waals surface area contributed by atoms with Gasteiger partial charge in [-0.2, -0.15) is 0 Å². The van der Waals surface area contributed by atoms with Crippen LogP contribution >= 0.6 is 11.6 Å². The lowest BCUT2D eigenvalue weighted by molar-refractivity contribution is 0.0697. The number of H-pyrrole nitrogens is 1. The van der Waals surface area contributed by atoms with Crippen molar-refractivity contribution in [2.24, 2.45) is 0 Å². The maximum Gasteiger partial charge on any atom is 0.336 e. The molecule has 0 saturated heterocycles. The number of fused-ring (bicyclic) bond motifs is 1. The summed E-state index contributed by atoms with van der Waals surface area (Å²) < 4.78 is 0. The van der Waals surface area contributed by atoms with Gasteiger partial charge in [0.25, 0.3) is 0 Å². The summed E-state index contributed by atoms with van der Waals surface area (Å²) in [6, 6.07) is 23.5. The highest BCUT2D eigenvalue weighted by Crippen LogP contribution is 2.39. The first kappa shape index (κ1) is 25.4. The van der Waals surface area contributed by atoms with Crippen molar-refractivity contribution in [2.75, 3.05) is 0 Å². The van der Waals surface area contributed by atoms with E-state index in [1.807, 2.05) is 48.5 Å². The maximum absolute atomic E-state index is 13.3. The fourth-order valence-electron chi connectivity index (χ4n) is 4.85. The molecule has 0 fully saturated rings. The van der Waals surface area contributed by atoms with Crippen LogP contribution in [0.15, 0.2) is 85.1 Å². The smallest absolute Gasteiger partial charge is 0.336 e. The average molecular weight is 524 g/mol. The van der Waals surface area contributed by atoms with Crippen LogP contribution in [0.5, 0.6) is 0 Å². The minimum Gasteiger partial charge on any atom is -0.478 e. The van der Waals surface area contributed by atoms with Crippen molar-refractivity contribution in [2.45, 2.75) is 32.1 Å². The molecule has 5 rings (SSSR count). The van der Waals surface area contributed by atoms with Crippen molar-refractivity contribution in [3.05, 3.63) is 107 Å². The molecule has 2 heterocycles. The molecule has 2 N–H and O–H groups in total. The normalized spacial score (nSPS) is 11.9. The number of carbonyl (C=O) groups excluding carboxylic acids is 1. The summed E-state index contributed by atoms with van der Waals surface area (Å²) in [5.41, 5.74) is 4.51. The second-order valence-corrected chi connectivity index (χ2v) is 9.61. The Morgan fingerprint density at radius 1 is 0.974 bits per heavy atom. The van der Waals surface area contributed by atoms with Crippen LogP contribution < -0.4 is 0 Å². The number of pyridine rings is 1. The molecule has 1 atom stereocenters. The lowest BCUT2D eigenvalue weighted by Gasteiger charge is -2.16. The quantitative estimate of drug-likeness (QED) is 0.192. The number of aromatic amines is 1. The maximum atomic E-state index is 13.3. The molecule has 7 heteroatoms. The van der Waals surface area contributed by atoms with Crippen molar-refractivity contribution in [1.82, 2.24) is 15.0 Å². The third kappa shape index (κ3) is 5.08. The summed E-state index contributed by atoms with van der Waals surface area (Å²) in [6.07, 6.45) is 3.70. The lowest BCUT2D eigenvalue weighted by atomic mass is 9.88. The number of nitrogens with one attached hydrogen (secondary N) is 1. The van der Waals surface area contributed by atoms with Crippen LogP contribution in [0.4, 0.5) is 0 Å². The number of hydrogen-bond donors (Lipinski definition) is 2. The first-order valence-corrected chi connectivity index (χ1v) is 12.9. The zero-order valence-corrected chi connectivity index (χ0v) is 21.6. The Morgan fingerprint density at radius 3 is 2.53 bits per heavy atom. The third-order valence-electron chi connectivity index (χ3n) is 6.67. The first-order valence-electron chi connectivity index (χ1n) is 12.5. The number of carboxylic acids is 1. The summed E-state index contributed by atoms with van der Waals surface area (Å²) in [4.78, 5) is 38.2. The molecule has 0 spiro atoms. The molecule has 6 nitrogen and oxygen atoms in total. The third-order valence-corrected chi connectivity index (χ3v) is 6.99. The van der Waals surface area contributed by atoms with Gasteiger partial charge in [-0.3, -0.25) is 9.78 Å². The predicted molar refractivity (Wildman–Crippen MR) is 150 cm³/mol. The van der Waals surface area contributed by atoms with Crippen molar-refractivity contribution in [3.63, 3.8) is 0 Å². The molecule has 0 aliphatic rings. The standard InChI is InChI=1S/C31H26ClN3O3/c1-2-8-19(25-11-5-6-16-33-25)18-28(36)20-14-15-21(23(17-20)31(37)38)29-22(9-7-10-24(29)32)30-34-26-12-3-4-13-27(26)35-30/h3-7,9-17,19H,2,8,18H2,1H3,(H,34,35)(H,37,38). The summed E-state index contributed by atoms with van der Waals surface area (Å²) in [7, 11) is 0. The Kier molecular flexibility index (Phi) is 7.33. The highest BCUT2D eigenvalue weighted by molar-refractivity contribution is 6.34. The van der Waals surface area contributed by atoms with Gasteiger partial charge in [0.2, 0.25) is 0 Å². The molecule has 0 aliphatic carbocycles. The molecule has 0 bridgehead atoms. The Bertz CT molecular complexity index is 1600. The Morgan fingerprint density at radius 2 is 1.79 bits per heavy atom. The zero-order chi connectivity index (χ0) is 26.6. The summed E-state index contributed by atoms with van der Waals surface area (Å²) in [5.74, 6) is -0.720. The van der Waals surface area contributed by atoms with Crippen LogP contribution in [-0.2, 0) is 0 Å². The van der Waals surface area contributed by atoms with E-state index in [1.54, 1.807) is 30.5 Å². The van der Waals surface area contributed by atoms with Crippen LogP contribution in [0.25, 0.3) is 33.5 Å². The monoisotopic (exact) mass is 523 g/mol. The Labute approximate surface area is 225 Å².